The minimum Gasteiger partial charge on any atom is -0.303 e. The minimum atomic E-state index is -4.64. The van der Waals surface area contributed by atoms with Gasteiger partial charge in [-0.05, 0) is 0 Å². The fourth-order valence-electron chi connectivity index (χ4n) is 1.00. The van der Waals surface area contributed by atoms with Crippen molar-refractivity contribution in [3.05, 3.63) is 29.8 Å². The molecule has 87 valence electrons. The van der Waals surface area contributed by atoms with E-state index in [1.165, 1.54) is 28.0 Å². The summed E-state index contributed by atoms with van der Waals surface area (Å²) in [5.74, 6) is 0. The molecule has 0 fully saturated rings. The maximum Gasteiger partial charge on any atom is 0.466 e. The SMILES string of the molecule is CC(C)(C)c1cc[c]([Zn])cc1.O=P(O)(O)O. The van der Waals surface area contributed by atoms with Crippen LogP contribution in [0.5, 0.6) is 0 Å². The molecule has 0 atom stereocenters. The van der Waals surface area contributed by atoms with Crippen LogP contribution in [-0.2, 0) is 28.3 Å². The molecule has 16 heavy (non-hydrogen) atoms. The fraction of sp³-hybridized carbons (Fsp3) is 0.400. The Bertz CT molecular complexity index is 355. The van der Waals surface area contributed by atoms with Crippen LogP contribution in [0, 0.1) is 0 Å². The molecule has 1 aromatic rings. The van der Waals surface area contributed by atoms with Gasteiger partial charge in [0.1, 0.15) is 0 Å². The van der Waals surface area contributed by atoms with Crippen molar-refractivity contribution in [2.75, 3.05) is 0 Å². The molecule has 1 aromatic carbocycles. The molecule has 6 heteroatoms. The maximum absolute atomic E-state index is 8.88. The molecule has 0 saturated carbocycles. The first-order valence-electron chi connectivity index (χ1n) is 4.71. The Balaban J connectivity index is 0.000000385. The van der Waals surface area contributed by atoms with E-state index in [1.54, 1.807) is 0 Å². The van der Waals surface area contributed by atoms with E-state index in [0.717, 1.165) is 0 Å². The van der Waals surface area contributed by atoms with Gasteiger partial charge in [-0.25, -0.2) is 4.57 Å². The zero-order valence-electron chi connectivity index (χ0n) is 9.71. The Hall–Kier alpha value is -0.0466. The van der Waals surface area contributed by atoms with Crippen LogP contribution in [0.3, 0.4) is 0 Å². The molecule has 4 nitrogen and oxygen atoms in total. The van der Waals surface area contributed by atoms with E-state index in [2.05, 4.69) is 45.0 Å². The van der Waals surface area contributed by atoms with Gasteiger partial charge in [0.2, 0.25) is 0 Å². The third kappa shape index (κ3) is 9.20. The molecule has 1 rings (SSSR count). The van der Waals surface area contributed by atoms with Crippen molar-refractivity contribution in [1.29, 1.82) is 0 Å². The largest absolute Gasteiger partial charge is 0.466 e. The van der Waals surface area contributed by atoms with Crippen LogP contribution in [0.2, 0.25) is 0 Å². The molecular formula is C10H16O4PZn. The predicted octanol–water partition coefficient (Wildman–Crippen LogP) is 1.23. The number of hydrogen-bond donors (Lipinski definition) is 3. The van der Waals surface area contributed by atoms with Crippen LogP contribution in [0.4, 0.5) is 0 Å². The van der Waals surface area contributed by atoms with Gasteiger partial charge in [0.05, 0.1) is 0 Å². The number of phosphoric acid groups is 1. The van der Waals surface area contributed by atoms with Crippen LogP contribution in [0.25, 0.3) is 0 Å². The standard InChI is InChI=1S/C10H13.H3O4P.Zn/c1-10(2,3)9-7-5-4-6-8-9;1-5(2,3)4;/h5-8H,1-3H3;(H3,1,2,3,4);. The molecule has 0 radical (unpaired) electrons. The predicted molar refractivity (Wildman–Crippen MR) is 59.0 cm³/mol. The van der Waals surface area contributed by atoms with Crippen molar-refractivity contribution in [3.63, 3.8) is 0 Å². The molecule has 0 saturated heterocycles. The molecule has 0 aliphatic heterocycles. The third-order valence-corrected chi connectivity index (χ3v) is 2.81. The second-order valence-corrected chi connectivity index (χ2v) is 7.20. The van der Waals surface area contributed by atoms with E-state index in [9.17, 15) is 0 Å². The van der Waals surface area contributed by atoms with Crippen molar-refractivity contribution in [1.82, 2.24) is 0 Å². The third-order valence-electron chi connectivity index (χ3n) is 1.82. The molecule has 0 spiro atoms. The summed E-state index contributed by atoms with van der Waals surface area (Å²) in [6, 6.07) is 8.92. The summed E-state index contributed by atoms with van der Waals surface area (Å²) in [5.41, 5.74) is 1.72. The first kappa shape index (κ1) is 16.0. The van der Waals surface area contributed by atoms with E-state index >= 15 is 0 Å². The van der Waals surface area contributed by atoms with Crippen LogP contribution < -0.4 is 4.16 Å². The average molecular weight is 297 g/mol. The molecular weight excluding hydrogens is 280 g/mol. The Labute approximate surface area is 106 Å². The minimum absolute atomic E-state index is 0.299. The zero-order chi connectivity index (χ0) is 13.0. The Morgan fingerprint density at radius 1 is 1.06 bits per heavy atom. The van der Waals surface area contributed by atoms with E-state index in [1.807, 2.05) is 0 Å². The van der Waals surface area contributed by atoms with Gasteiger partial charge in [0.15, 0.2) is 0 Å². The molecule has 0 heterocycles. The normalized spacial score (nSPS) is 11.8. The van der Waals surface area contributed by atoms with Gasteiger partial charge in [0.25, 0.3) is 0 Å². The van der Waals surface area contributed by atoms with Crippen LogP contribution in [0.15, 0.2) is 24.3 Å². The monoisotopic (exact) mass is 295 g/mol. The maximum atomic E-state index is 8.88. The van der Waals surface area contributed by atoms with Gasteiger partial charge >= 0.3 is 86.3 Å². The smallest absolute Gasteiger partial charge is 0.303 e. The van der Waals surface area contributed by atoms with E-state index < -0.39 is 7.82 Å². The summed E-state index contributed by atoms with van der Waals surface area (Å²) in [5, 5.41) is 0. The first-order valence-corrected chi connectivity index (χ1v) is 7.76. The molecule has 0 aliphatic carbocycles. The molecule has 0 aromatic heterocycles. The van der Waals surface area contributed by atoms with Gasteiger partial charge in [-0.3, -0.25) is 0 Å². The summed E-state index contributed by atoms with van der Waals surface area (Å²) < 4.78 is 10.3. The van der Waals surface area contributed by atoms with Gasteiger partial charge in [-0.15, -0.1) is 0 Å². The van der Waals surface area contributed by atoms with Gasteiger partial charge in [0, 0.05) is 0 Å². The average Bonchev–Trinajstić information content (AvgIpc) is 1.99. The number of hydrogen-bond acceptors (Lipinski definition) is 1. The van der Waals surface area contributed by atoms with Crippen molar-refractivity contribution in [2.24, 2.45) is 0 Å². The van der Waals surface area contributed by atoms with Crippen LogP contribution in [-0.4, -0.2) is 14.7 Å². The summed E-state index contributed by atoms with van der Waals surface area (Å²) in [6.07, 6.45) is 0. The topological polar surface area (TPSA) is 77.8 Å². The zero-order valence-corrected chi connectivity index (χ0v) is 13.6. The first-order chi connectivity index (χ1) is 7.00. The Kier molecular flexibility index (Phi) is 6.02. The number of benzene rings is 1. The summed E-state index contributed by atoms with van der Waals surface area (Å²) in [6.45, 7) is 6.73. The van der Waals surface area contributed by atoms with Crippen molar-refractivity contribution in [2.45, 2.75) is 26.2 Å². The Morgan fingerprint density at radius 2 is 1.38 bits per heavy atom. The van der Waals surface area contributed by atoms with Crippen LogP contribution in [0.1, 0.15) is 26.3 Å². The summed E-state index contributed by atoms with van der Waals surface area (Å²) in [7, 11) is -4.64. The molecule has 3 N–H and O–H groups in total. The van der Waals surface area contributed by atoms with Crippen molar-refractivity contribution < 1.29 is 37.5 Å². The molecule has 0 amide bonds. The molecule has 0 aliphatic rings. The molecule has 0 bridgehead atoms. The van der Waals surface area contributed by atoms with Gasteiger partial charge in [-0.2, -0.15) is 0 Å². The van der Waals surface area contributed by atoms with E-state index in [4.69, 9.17) is 19.2 Å². The Morgan fingerprint density at radius 3 is 1.62 bits per heavy atom. The van der Waals surface area contributed by atoms with E-state index in [-0.39, 0.29) is 0 Å². The molecule has 0 unspecified atom stereocenters. The fourth-order valence-corrected chi connectivity index (χ4v) is 1.50. The van der Waals surface area contributed by atoms with E-state index in [0.29, 0.717) is 5.41 Å². The second kappa shape index (κ2) is 6.04. The summed E-state index contributed by atoms with van der Waals surface area (Å²) in [4.78, 5) is 21.6. The van der Waals surface area contributed by atoms with Crippen molar-refractivity contribution in [3.8, 4) is 0 Å². The van der Waals surface area contributed by atoms with Gasteiger partial charge in [-0.1, -0.05) is 0 Å². The van der Waals surface area contributed by atoms with Gasteiger partial charge < -0.3 is 14.7 Å². The number of rotatable bonds is 0. The second-order valence-electron chi connectivity index (χ2n) is 4.46. The van der Waals surface area contributed by atoms with Crippen LogP contribution >= 0.6 is 7.82 Å². The quantitative estimate of drug-likeness (QED) is 0.497. The summed E-state index contributed by atoms with van der Waals surface area (Å²) >= 11 is 1.25. The van der Waals surface area contributed by atoms with Crippen molar-refractivity contribution >= 4 is 12.0 Å².